The van der Waals surface area contributed by atoms with E-state index in [4.69, 9.17) is 23.1 Å². The second kappa shape index (κ2) is 2.81. The zero-order valence-corrected chi connectivity index (χ0v) is 7.56. The first-order valence-electron chi connectivity index (χ1n) is 3.57. The molecule has 0 aliphatic rings. The highest BCUT2D eigenvalue weighted by Crippen LogP contribution is 2.14. The van der Waals surface area contributed by atoms with Crippen molar-refractivity contribution in [1.82, 2.24) is 19.8 Å². The number of carbonyl (C=O) groups is 1. The molecule has 0 aliphatic heterocycles. The van der Waals surface area contributed by atoms with E-state index in [1.807, 2.05) is 0 Å². The van der Waals surface area contributed by atoms with Gasteiger partial charge in [-0.2, -0.15) is 9.61 Å². The van der Waals surface area contributed by atoms with Gasteiger partial charge in [0.15, 0.2) is 10.8 Å². The number of rotatable bonds is 1. The molecule has 14 heavy (non-hydrogen) atoms. The van der Waals surface area contributed by atoms with E-state index in [-0.39, 0.29) is 16.7 Å². The Balaban J connectivity index is 2.79. The molecule has 0 fully saturated rings. The second-order valence-electron chi connectivity index (χ2n) is 2.54. The van der Waals surface area contributed by atoms with Gasteiger partial charge in [-0.1, -0.05) is 11.6 Å². The molecule has 1 amide bonds. The zero-order chi connectivity index (χ0) is 10.3. The lowest BCUT2D eigenvalue weighted by atomic mass is 10.3. The van der Waals surface area contributed by atoms with Crippen molar-refractivity contribution in [1.29, 1.82) is 0 Å². The van der Waals surface area contributed by atoms with Crippen LogP contribution in [-0.4, -0.2) is 25.7 Å². The smallest absolute Gasteiger partial charge is 0.252 e. The minimum Gasteiger partial charge on any atom is -0.366 e. The van der Waals surface area contributed by atoms with Gasteiger partial charge in [-0.25, -0.2) is 0 Å². The van der Waals surface area contributed by atoms with Gasteiger partial charge < -0.3 is 11.5 Å². The van der Waals surface area contributed by atoms with Crippen molar-refractivity contribution in [2.45, 2.75) is 0 Å². The normalized spacial score (nSPS) is 10.6. The molecule has 2 heterocycles. The van der Waals surface area contributed by atoms with Gasteiger partial charge in [0, 0.05) is 6.07 Å². The molecule has 7 nitrogen and oxygen atoms in total. The topological polar surface area (TPSA) is 112 Å². The molecule has 0 saturated heterocycles. The molecule has 72 valence electrons. The Kier molecular flexibility index (Phi) is 1.74. The van der Waals surface area contributed by atoms with Crippen LogP contribution in [0.3, 0.4) is 0 Å². The van der Waals surface area contributed by atoms with Crippen LogP contribution in [0.2, 0.25) is 5.15 Å². The molecule has 0 bridgehead atoms. The van der Waals surface area contributed by atoms with E-state index < -0.39 is 5.91 Å². The first-order valence-corrected chi connectivity index (χ1v) is 3.94. The van der Waals surface area contributed by atoms with Crippen LogP contribution in [0.5, 0.6) is 0 Å². The maximum Gasteiger partial charge on any atom is 0.252 e. The summed E-state index contributed by atoms with van der Waals surface area (Å²) in [6.07, 6.45) is 0. The largest absolute Gasteiger partial charge is 0.366 e. The van der Waals surface area contributed by atoms with Crippen molar-refractivity contribution in [3.05, 3.63) is 16.8 Å². The van der Waals surface area contributed by atoms with Crippen LogP contribution >= 0.6 is 11.6 Å². The minimum atomic E-state index is -0.674. The van der Waals surface area contributed by atoms with E-state index in [1.54, 1.807) is 0 Å². The molecular formula is C6H5ClN6O. The van der Waals surface area contributed by atoms with Crippen molar-refractivity contribution >= 4 is 29.1 Å². The number of nitrogen functional groups attached to an aromatic ring is 1. The van der Waals surface area contributed by atoms with Gasteiger partial charge in [0.05, 0.1) is 5.56 Å². The predicted molar refractivity (Wildman–Crippen MR) is 48.7 cm³/mol. The maximum atomic E-state index is 10.9. The third-order valence-electron chi connectivity index (χ3n) is 1.64. The highest BCUT2D eigenvalue weighted by molar-refractivity contribution is 6.32. The first kappa shape index (κ1) is 8.70. The van der Waals surface area contributed by atoms with Crippen molar-refractivity contribution in [2.24, 2.45) is 5.73 Å². The number of carbonyl (C=O) groups excluding carboxylic acids is 1. The van der Waals surface area contributed by atoms with Gasteiger partial charge in [-0.3, -0.25) is 4.79 Å². The summed E-state index contributed by atoms with van der Waals surface area (Å²) in [5.74, 6) is -0.579. The van der Waals surface area contributed by atoms with Gasteiger partial charge in [-0.05, 0) is 0 Å². The van der Waals surface area contributed by atoms with Gasteiger partial charge in [0.1, 0.15) is 0 Å². The highest BCUT2D eigenvalue weighted by atomic mass is 35.5. The SMILES string of the molecule is NC(=O)c1cc2nnc(N)n2nc1Cl. The molecule has 0 spiro atoms. The number of hydrogen-bond donors (Lipinski definition) is 2. The fraction of sp³-hybridized carbons (Fsp3) is 0. The van der Waals surface area contributed by atoms with Crippen LogP contribution in [0.25, 0.3) is 5.65 Å². The number of fused-ring (bicyclic) bond motifs is 1. The number of halogens is 1. The average Bonchev–Trinajstić information content (AvgIpc) is 2.46. The van der Waals surface area contributed by atoms with Crippen LogP contribution in [0.4, 0.5) is 5.95 Å². The first-order chi connectivity index (χ1) is 6.59. The van der Waals surface area contributed by atoms with Crippen LogP contribution in [-0.2, 0) is 0 Å². The molecular weight excluding hydrogens is 208 g/mol. The number of primary amides is 1. The van der Waals surface area contributed by atoms with E-state index in [0.717, 1.165) is 0 Å². The van der Waals surface area contributed by atoms with Crippen LogP contribution < -0.4 is 11.5 Å². The van der Waals surface area contributed by atoms with E-state index in [9.17, 15) is 4.79 Å². The predicted octanol–water partition coefficient (Wildman–Crippen LogP) is -0.541. The number of anilines is 1. The summed E-state index contributed by atoms with van der Waals surface area (Å²) in [6, 6.07) is 1.38. The van der Waals surface area contributed by atoms with Gasteiger partial charge in [-0.15, -0.1) is 10.2 Å². The summed E-state index contributed by atoms with van der Waals surface area (Å²) in [5, 5.41) is 11.0. The Morgan fingerprint density at radius 1 is 1.50 bits per heavy atom. The molecule has 8 heteroatoms. The summed E-state index contributed by atoms with van der Waals surface area (Å²) >= 11 is 5.68. The molecule has 0 aromatic carbocycles. The van der Waals surface area contributed by atoms with Crippen molar-refractivity contribution in [2.75, 3.05) is 5.73 Å². The van der Waals surface area contributed by atoms with Crippen LogP contribution in [0, 0.1) is 0 Å². The Morgan fingerprint density at radius 2 is 2.21 bits per heavy atom. The number of amides is 1. The molecule has 0 aliphatic carbocycles. The Morgan fingerprint density at radius 3 is 2.86 bits per heavy atom. The summed E-state index contributed by atoms with van der Waals surface area (Å²) in [4.78, 5) is 10.9. The Labute approximate surface area is 82.7 Å². The molecule has 4 N–H and O–H groups in total. The molecule has 0 unspecified atom stereocenters. The van der Waals surface area contributed by atoms with Crippen molar-refractivity contribution in [3.63, 3.8) is 0 Å². The summed E-state index contributed by atoms with van der Waals surface area (Å²) in [6.45, 7) is 0. The molecule has 0 atom stereocenters. The van der Waals surface area contributed by atoms with E-state index in [1.165, 1.54) is 10.6 Å². The van der Waals surface area contributed by atoms with Crippen molar-refractivity contribution < 1.29 is 4.79 Å². The third-order valence-corrected chi connectivity index (χ3v) is 1.92. The van der Waals surface area contributed by atoms with Gasteiger partial charge >= 0.3 is 0 Å². The van der Waals surface area contributed by atoms with Gasteiger partial charge in [0.2, 0.25) is 5.95 Å². The minimum absolute atomic E-state index is 0.0310. The van der Waals surface area contributed by atoms with E-state index in [0.29, 0.717) is 5.65 Å². The summed E-state index contributed by atoms with van der Waals surface area (Å²) < 4.78 is 1.22. The summed E-state index contributed by atoms with van der Waals surface area (Å²) in [7, 11) is 0. The Hall–Kier alpha value is -1.89. The summed E-state index contributed by atoms with van der Waals surface area (Å²) in [5.41, 5.74) is 10.9. The number of nitrogens with two attached hydrogens (primary N) is 2. The van der Waals surface area contributed by atoms with Crippen molar-refractivity contribution in [3.8, 4) is 0 Å². The number of hydrogen-bond acceptors (Lipinski definition) is 5. The van der Waals surface area contributed by atoms with E-state index in [2.05, 4.69) is 15.3 Å². The fourth-order valence-electron chi connectivity index (χ4n) is 1.00. The molecule has 0 saturated carbocycles. The monoisotopic (exact) mass is 212 g/mol. The lowest BCUT2D eigenvalue weighted by Gasteiger charge is -1.99. The average molecular weight is 213 g/mol. The zero-order valence-electron chi connectivity index (χ0n) is 6.81. The van der Waals surface area contributed by atoms with Crippen LogP contribution in [0.15, 0.2) is 6.07 Å². The molecule has 2 aromatic heterocycles. The lowest BCUT2D eigenvalue weighted by Crippen LogP contribution is -2.13. The Bertz CT molecular complexity index is 520. The molecule has 0 radical (unpaired) electrons. The highest BCUT2D eigenvalue weighted by Gasteiger charge is 2.12. The quantitative estimate of drug-likeness (QED) is 0.659. The maximum absolute atomic E-state index is 10.9. The van der Waals surface area contributed by atoms with Gasteiger partial charge in [0.25, 0.3) is 5.91 Å². The fourth-order valence-corrected chi connectivity index (χ4v) is 1.22. The molecule has 2 aromatic rings. The molecule has 2 rings (SSSR count). The standard InChI is InChI=1S/C6H5ClN6O/c7-4-2(5(8)14)1-3-10-11-6(9)13(3)12-4/h1H,(H2,8,14)(H2,9,11). The number of nitrogens with zero attached hydrogens (tertiary/aromatic N) is 4. The van der Waals surface area contributed by atoms with E-state index >= 15 is 0 Å². The lowest BCUT2D eigenvalue weighted by molar-refractivity contribution is 0.1000. The van der Waals surface area contributed by atoms with Crippen LogP contribution in [0.1, 0.15) is 10.4 Å². The number of aromatic nitrogens is 4. The third kappa shape index (κ3) is 1.14. The second-order valence-corrected chi connectivity index (χ2v) is 2.90.